The van der Waals surface area contributed by atoms with Gasteiger partial charge in [0.05, 0.1) is 17.2 Å². The van der Waals surface area contributed by atoms with Gasteiger partial charge in [-0.2, -0.15) is 13.2 Å². The maximum Gasteiger partial charge on any atom is 0.416 e. The van der Waals surface area contributed by atoms with Crippen LogP contribution in [0.2, 0.25) is 0 Å². The van der Waals surface area contributed by atoms with Crippen LogP contribution in [0.1, 0.15) is 12.5 Å². The summed E-state index contributed by atoms with van der Waals surface area (Å²) in [7, 11) is 0. The van der Waals surface area contributed by atoms with Gasteiger partial charge in [-0.15, -0.1) is 0 Å². The van der Waals surface area contributed by atoms with E-state index in [2.05, 4.69) is 10.6 Å². The van der Waals surface area contributed by atoms with Gasteiger partial charge in [0.25, 0.3) is 0 Å². The van der Waals surface area contributed by atoms with Crippen LogP contribution in [0.15, 0.2) is 18.2 Å². The number of alkyl halides is 3. The Morgan fingerprint density at radius 1 is 1.35 bits per heavy atom. The average Bonchev–Trinajstić information content (AvgIpc) is 2.77. The molecule has 0 saturated carbocycles. The normalized spacial score (nSPS) is 22.9. The third-order valence-electron chi connectivity index (χ3n) is 3.41. The lowest BCUT2D eigenvalue weighted by Gasteiger charge is -2.15. The van der Waals surface area contributed by atoms with Gasteiger partial charge >= 0.3 is 6.18 Å². The number of nitrogens with one attached hydrogen (secondary N) is 2. The maximum atomic E-state index is 13.5. The first-order valence-corrected chi connectivity index (χ1v) is 6.17. The molecule has 3 nitrogen and oxygen atoms in total. The van der Waals surface area contributed by atoms with Crippen molar-refractivity contribution in [2.75, 3.05) is 18.4 Å². The van der Waals surface area contributed by atoms with Gasteiger partial charge in [0.2, 0.25) is 5.91 Å². The third-order valence-corrected chi connectivity index (χ3v) is 3.41. The largest absolute Gasteiger partial charge is 0.416 e. The van der Waals surface area contributed by atoms with Gasteiger partial charge in [0, 0.05) is 6.54 Å². The van der Waals surface area contributed by atoms with Crippen molar-refractivity contribution in [3.63, 3.8) is 0 Å². The molecule has 0 spiro atoms. The van der Waals surface area contributed by atoms with Gasteiger partial charge in [-0.3, -0.25) is 4.79 Å². The predicted molar refractivity (Wildman–Crippen MR) is 65.6 cm³/mol. The molecule has 1 fully saturated rings. The average molecular weight is 290 g/mol. The first-order chi connectivity index (χ1) is 9.29. The number of anilines is 1. The second kappa shape index (κ2) is 5.40. The molecule has 1 aromatic rings. The summed E-state index contributed by atoms with van der Waals surface area (Å²) in [5.41, 5.74) is -1.43. The summed E-state index contributed by atoms with van der Waals surface area (Å²) < 4.78 is 51.2. The van der Waals surface area contributed by atoms with Crippen molar-refractivity contribution in [3.8, 4) is 0 Å². The Bertz CT molecular complexity index is 516. The van der Waals surface area contributed by atoms with Crippen molar-refractivity contribution < 1.29 is 22.4 Å². The topological polar surface area (TPSA) is 41.1 Å². The highest BCUT2D eigenvalue weighted by Gasteiger charge is 2.33. The maximum absolute atomic E-state index is 13.5. The van der Waals surface area contributed by atoms with E-state index in [1.54, 1.807) is 0 Å². The van der Waals surface area contributed by atoms with Crippen LogP contribution in [0.5, 0.6) is 0 Å². The van der Waals surface area contributed by atoms with Crippen LogP contribution in [0.25, 0.3) is 0 Å². The van der Waals surface area contributed by atoms with E-state index in [4.69, 9.17) is 0 Å². The predicted octanol–water partition coefficient (Wildman–Crippen LogP) is 2.64. The smallest absolute Gasteiger partial charge is 0.323 e. The molecule has 0 aromatic heterocycles. The zero-order chi connectivity index (χ0) is 14.9. The van der Waals surface area contributed by atoms with Gasteiger partial charge in [-0.05, 0) is 30.7 Å². The Kier molecular flexibility index (Phi) is 3.99. The highest BCUT2D eigenvalue weighted by molar-refractivity contribution is 5.93. The van der Waals surface area contributed by atoms with Crippen molar-refractivity contribution in [2.45, 2.75) is 13.1 Å². The Labute approximate surface area is 113 Å². The van der Waals surface area contributed by atoms with Crippen LogP contribution >= 0.6 is 0 Å². The van der Waals surface area contributed by atoms with E-state index in [-0.39, 0.29) is 11.8 Å². The Morgan fingerprint density at radius 3 is 2.60 bits per heavy atom. The fraction of sp³-hybridized carbons (Fsp3) is 0.462. The van der Waals surface area contributed by atoms with Crippen molar-refractivity contribution in [2.24, 2.45) is 11.8 Å². The molecule has 1 aliphatic rings. The minimum Gasteiger partial charge on any atom is -0.323 e. The van der Waals surface area contributed by atoms with Crippen LogP contribution in [0.4, 0.5) is 23.2 Å². The molecule has 1 aromatic carbocycles. The highest BCUT2D eigenvalue weighted by atomic mass is 19.4. The number of benzene rings is 1. The zero-order valence-corrected chi connectivity index (χ0v) is 10.7. The van der Waals surface area contributed by atoms with Crippen LogP contribution in [0, 0.1) is 17.7 Å². The fourth-order valence-corrected chi connectivity index (χ4v) is 2.18. The highest BCUT2D eigenvalue weighted by Crippen LogP contribution is 2.32. The SMILES string of the molecule is CC1CNCC1C(=O)Nc1cc(C(F)(F)F)ccc1F. The van der Waals surface area contributed by atoms with Crippen molar-refractivity contribution in [1.29, 1.82) is 0 Å². The molecule has 2 unspecified atom stereocenters. The van der Waals surface area contributed by atoms with E-state index in [0.717, 1.165) is 0 Å². The van der Waals surface area contributed by atoms with E-state index < -0.39 is 29.2 Å². The molecule has 1 heterocycles. The zero-order valence-electron chi connectivity index (χ0n) is 10.7. The summed E-state index contributed by atoms with van der Waals surface area (Å²) in [5, 5.41) is 5.25. The molecule has 0 bridgehead atoms. The summed E-state index contributed by atoms with van der Waals surface area (Å²) in [6, 6.07) is 1.96. The van der Waals surface area contributed by atoms with E-state index in [0.29, 0.717) is 31.3 Å². The summed E-state index contributed by atoms with van der Waals surface area (Å²) >= 11 is 0. The Hall–Kier alpha value is -1.63. The van der Waals surface area contributed by atoms with Gasteiger partial charge in [0.1, 0.15) is 5.82 Å². The molecule has 1 amide bonds. The summed E-state index contributed by atoms with van der Waals surface area (Å²) in [5.74, 6) is -1.67. The second-order valence-electron chi connectivity index (χ2n) is 4.92. The van der Waals surface area contributed by atoms with Crippen molar-refractivity contribution in [1.82, 2.24) is 5.32 Å². The number of halogens is 4. The summed E-state index contributed by atoms with van der Waals surface area (Å²) in [6.07, 6.45) is -4.57. The second-order valence-corrected chi connectivity index (χ2v) is 4.92. The molecule has 2 atom stereocenters. The molecule has 7 heteroatoms. The summed E-state index contributed by atoms with van der Waals surface area (Å²) in [4.78, 5) is 11.9. The number of hydrogen-bond donors (Lipinski definition) is 2. The van der Waals surface area contributed by atoms with Crippen LogP contribution < -0.4 is 10.6 Å². The molecule has 110 valence electrons. The number of amides is 1. The van der Waals surface area contributed by atoms with E-state index in [9.17, 15) is 22.4 Å². The van der Waals surface area contributed by atoms with Gasteiger partial charge in [0.15, 0.2) is 0 Å². The van der Waals surface area contributed by atoms with Crippen LogP contribution in [-0.4, -0.2) is 19.0 Å². The van der Waals surface area contributed by atoms with E-state index in [1.165, 1.54) is 0 Å². The third kappa shape index (κ3) is 3.09. The molecule has 0 radical (unpaired) electrons. The Morgan fingerprint density at radius 2 is 2.05 bits per heavy atom. The lowest BCUT2D eigenvalue weighted by molar-refractivity contribution is -0.137. The molecule has 1 aliphatic heterocycles. The fourth-order valence-electron chi connectivity index (χ4n) is 2.18. The molecular formula is C13H14F4N2O. The minimum atomic E-state index is -4.57. The van der Waals surface area contributed by atoms with E-state index >= 15 is 0 Å². The molecule has 20 heavy (non-hydrogen) atoms. The monoisotopic (exact) mass is 290 g/mol. The van der Waals surface area contributed by atoms with E-state index in [1.807, 2.05) is 6.92 Å². The van der Waals surface area contributed by atoms with Crippen LogP contribution in [0.3, 0.4) is 0 Å². The molecular weight excluding hydrogens is 276 g/mol. The minimum absolute atomic E-state index is 0.0591. The quantitative estimate of drug-likeness (QED) is 0.822. The number of carbonyl (C=O) groups is 1. The lowest BCUT2D eigenvalue weighted by atomic mass is 9.97. The molecule has 2 rings (SSSR count). The Balaban J connectivity index is 2.18. The first-order valence-electron chi connectivity index (χ1n) is 6.17. The standard InChI is InChI=1S/C13H14F4N2O/c1-7-5-18-6-9(7)12(20)19-11-4-8(13(15,16)17)2-3-10(11)14/h2-4,7,9,18H,5-6H2,1H3,(H,19,20). The number of carbonyl (C=O) groups excluding carboxylic acids is 1. The van der Waals surface area contributed by atoms with Gasteiger partial charge in [-0.25, -0.2) is 4.39 Å². The van der Waals surface area contributed by atoms with Gasteiger partial charge < -0.3 is 10.6 Å². The first kappa shape index (κ1) is 14.8. The van der Waals surface area contributed by atoms with Gasteiger partial charge in [-0.1, -0.05) is 6.92 Å². The molecule has 2 N–H and O–H groups in total. The number of rotatable bonds is 2. The summed E-state index contributed by atoms with van der Waals surface area (Å²) in [6.45, 7) is 2.95. The lowest BCUT2D eigenvalue weighted by Crippen LogP contribution is -2.28. The molecule has 1 saturated heterocycles. The van der Waals surface area contributed by atoms with Crippen molar-refractivity contribution >= 4 is 11.6 Å². The molecule has 0 aliphatic carbocycles. The number of hydrogen-bond acceptors (Lipinski definition) is 2. The van der Waals surface area contributed by atoms with Crippen molar-refractivity contribution in [3.05, 3.63) is 29.6 Å². The van der Waals surface area contributed by atoms with Crippen LogP contribution in [-0.2, 0) is 11.0 Å².